The molecule has 1 unspecified atom stereocenters. The summed E-state index contributed by atoms with van der Waals surface area (Å²) < 4.78 is 0. The molecule has 0 saturated heterocycles. The van der Waals surface area contributed by atoms with E-state index in [1.807, 2.05) is 7.05 Å². The van der Waals surface area contributed by atoms with Gasteiger partial charge in [0.25, 0.3) is 0 Å². The van der Waals surface area contributed by atoms with Gasteiger partial charge in [-0.15, -0.1) is 0 Å². The van der Waals surface area contributed by atoms with Crippen molar-refractivity contribution in [2.75, 3.05) is 7.05 Å². The van der Waals surface area contributed by atoms with Gasteiger partial charge in [-0.3, -0.25) is 0 Å². The van der Waals surface area contributed by atoms with Crippen molar-refractivity contribution in [3.8, 4) is 0 Å². The number of benzene rings is 2. The van der Waals surface area contributed by atoms with Crippen LogP contribution in [0.15, 0.2) is 42.5 Å². The Bertz CT molecular complexity index is 631. The van der Waals surface area contributed by atoms with E-state index in [0.717, 1.165) is 16.5 Å². The number of rotatable bonds is 4. The smallest absolute Gasteiger partial charge is 0.0591 e. The van der Waals surface area contributed by atoms with E-state index in [4.69, 9.17) is 11.6 Å². The molecule has 21 heavy (non-hydrogen) atoms. The first-order valence-electron chi connectivity index (χ1n) is 7.73. The second-order valence-corrected chi connectivity index (χ2v) is 6.33. The van der Waals surface area contributed by atoms with Crippen molar-refractivity contribution in [3.63, 3.8) is 0 Å². The Hall–Kier alpha value is -1.31. The van der Waals surface area contributed by atoms with Crippen LogP contribution >= 0.6 is 11.6 Å². The lowest BCUT2D eigenvalue weighted by atomic mass is 9.76. The van der Waals surface area contributed by atoms with Gasteiger partial charge in [0.05, 0.1) is 6.04 Å². The lowest BCUT2D eigenvalue weighted by molar-refractivity contribution is 0.415. The van der Waals surface area contributed by atoms with Gasteiger partial charge in [-0.2, -0.15) is 0 Å². The lowest BCUT2D eigenvalue weighted by Gasteiger charge is -2.31. The third-order valence-corrected chi connectivity index (χ3v) is 5.19. The summed E-state index contributed by atoms with van der Waals surface area (Å²) in [4.78, 5) is 0. The summed E-state index contributed by atoms with van der Waals surface area (Å²) in [5, 5.41) is 4.34. The van der Waals surface area contributed by atoms with Crippen molar-refractivity contribution in [2.24, 2.45) is 0 Å². The van der Waals surface area contributed by atoms with Gasteiger partial charge in [-0.25, -0.2) is 0 Å². The first kappa shape index (κ1) is 14.6. The summed E-state index contributed by atoms with van der Waals surface area (Å²) in [6.07, 6.45) is 3.98. The van der Waals surface area contributed by atoms with E-state index in [0.29, 0.717) is 0 Å². The number of hydrogen-bond donors (Lipinski definition) is 1. The molecule has 2 heteroatoms. The van der Waals surface area contributed by atoms with Gasteiger partial charge in [0.15, 0.2) is 0 Å². The zero-order chi connectivity index (χ0) is 14.8. The van der Waals surface area contributed by atoms with Gasteiger partial charge in [0, 0.05) is 5.02 Å². The molecule has 1 aliphatic rings. The highest BCUT2D eigenvalue weighted by Gasteiger charge is 2.26. The van der Waals surface area contributed by atoms with Gasteiger partial charge >= 0.3 is 0 Å². The van der Waals surface area contributed by atoms with Crippen LogP contribution < -0.4 is 5.32 Å². The van der Waals surface area contributed by atoms with Crippen LogP contribution in [0.3, 0.4) is 0 Å². The first-order chi connectivity index (χ1) is 10.2. The highest BCUT2D eigenvalue weighted by Crippen LogP contribution is 2.41. The summed E-state index contributed by atoms with van der Waals surface area (Å²) in [7, 11) is 2.01. The fraction of sp³-hybridized carbons (Fsp3) is 0.368. The van der Waals surface area contributed by atoms with Crippen molar-refractivity contribution in [1.82, 2.24) is 5.32 Å². The molecule has 0 heterocycles. The molecular weight excluding hydrogens is 278 g/mol. The first-order valence-corrected chi connectivity index (χ1v) is 8.11. The molecule has 110 valence electrons. The Morgan fingerprint density at radius 3 is 2.43 bits per heavy atom. The Balaban J connectivity index is 2.06. The maximum Gasteiger partial charge on any atom is 0.0591 e. The van der Waals surface area contributed by atoms with Gasteiger partial charge in [0.1, 0.15) is 0 Å². The number of hydrogen-bond acceptors (Lipinski definition) is 1. The maximum absolute atomic E-state index is 6.56. The van der Waals surface area contributed by atoms with E-state index >= 15 is 0 Å². The second kappa shape index (κ2) is 6.21. The monoisotopic (exact) mass is 299 g/mol. The van der Waals surface area contributed by atoms with Crippen molar-refractivity contribution in [2.45, 2.75) is 38.1 Å². The molecule has 1 atom stereocenters. The molecule has 1 saturated carbocycles. The average molecular weight is 300 g/mol. The molecule has 2 aromatic rings. The highest BCUT2D eigenvalue weighted by molar-refractivity contribution is 6.32. The molecular formula is C19H22ClN. The van der Waals surface area contributed by atoms with E-state index in [1.54, 1.807) is 0 Å². The van der Waals surface area contributed by atoms with E-state index in [-0.39, 0.29) is 6.04 Å². The number of nitrogens with one attached hydrogen (secondary N) is 1. The van der Waals surface area contributed by atoms with Gasteiger partial charge in [-0.1, -0.05) is 60.5 Å². The third-order valence-electron chi connectivity index (χ3n) is 4.67. The zero-order valence-corrected chi connectivity index (χ0v) is 13.5. The van der Waals surface area contributed by atoms with E-state index < -0.39 is 0 Å². The molecule has 0 amide bonds. The van der Waals surface area contributed by atoms with Crippen LogP contribution in [0.1, 0.15) is 53.5 Å². The predicted octanol–water partition coefficient (Wildman–Crippen LogP) is 5.22. The average Bonchev–Trinajstić information content (AvgIpc) is 2.44. The minimum atomic E-state index is 0.161. The molecule has 3 rings (SSSR count). The molecule has 2 aromatic carbocycles. The third kappa shape index (κ3) is 2.73. The Kier molecular flexibility index (Phi) is 4.32. The highest BCUT2D eigenvalue weighted by atomic mass is 35.5. The normalized spacial score (nSPS) is 16.5. The van der Waals surface area contributed by atoms with Crippen LogP contribution in [0.4, 0.5) is 0 Å². The molecule has 0 radical (unpaired) electrons. The van der Waals surface area contributed by atoms with Crippen LogP contribution in [0.25, 0.3) is 0 Å². The van der Waals surface area contributed by atoms with Crippen LogP contribution in [0.5, 0.6) is 0 Å². The topological polar surface area (TPSA) is 12.0 Å². The van der Waals surface area contributed by atoms with E-state index in [1.165, 1.54) is 36.0 Å². The maximum atomic E-state index is 6.56. The molecule has 1 nitrogen and oxygen atoms in total. The SMILES string of the molecule is CNC(c1ccccc1C1CCC1)c1cccc(C)c1Cl. The Labute approximate surface area is 132 Å². The molecule has 0 aliphatic heterocycles. The molecule has 1 fully saturated rings. The van der Waals surface area contributed by atoms with Gasteiger partial charge < -0.3 is 5.32 Å². The minimum absolute atomic E-state index is 0.161. The zero-order valence-electron chi connectivity index (χ0n) is 12.7. The molecule has 0 aromatic heterocycles. The summed E-state index contributed by atoms with van der Waals surface area (Å²) >= 11 is 6.56. The molecule has 0 spiro atoms. The van der Waals surface area contributed by atoms with E-state index in [2.05, 4.69) is 54.7 Å². The van der Waals surface area contributed by atoms with Crippen LogP contribution in [-0.4, -0.2) is 7.05 Å². The van der Waals surface area contributed by atoms with Crippen molar-refractivity contribution < 1.29 is 0 Å². The summed E-state index contributed by atoms with van der Waals surface area (Å²) in [5.41, 5.74) is 5.17. The van der Waals surface area contributed by atoms with Crippen LogP contribution in [0.2, 0.25) is 5.02 Å². The fourth-order valence-corrected chi connectivity index (χ4v) is 3.47. The number of halogens is 1. The van der Waals surface area contributed by atoms with Crippen molar-refractivity contribution in [1.29, 1.82) is 0 Å². The predicted molar refractivity (Wildman–Crippen MR) is 90.1 cm³/mol. The van der Waals surface area contributed by atoms with Crippen LogP contribution in [-0.2, 0) is 0 Å². The van der Waals surface area contributed by atoms with Crippen molar-refractivity contribution >= 4 is 11.6 Å². The minimum Gasteiger partial charge on any atom is -0.309 e. The number of aryl methyl sites for hydroxylation is 1. The molecule has 1 N–H and O–H groups in total. The second-order valence-electron chi connectivity index (χ2n) is 5.96. The Morgan fingerprint density at radius 1 is 1.05 bits per heavy atom. The Morgan fingerprint density at radius 2 is 1.76 bits per heavy atom. The molecule has 0 bridgehead atoms. The summed E-state index contributed by atoms with van der Waals surface area (Å²) in [5.74, 6) is 0.723. The standard InChI is InChI=1S/C19H22ClN/c1-13-7-5-12-17(18(13)20)19(21-2)16-11-4-3-10-15(16)14-8-6-9-14/h3-5,7,10-12,14,19,21H,6,8-9H2,1-2H3. The fourth-order valence-electron chi connectivity index (χ4n) is 3.24. The quantitative estimate of drug-likeness (QED) is 0.815. The molecule has 1 aliphatic carbocycles. The van der Waals surface area contributed by atoms with Crippen molar-refractivity contribution in [3.05, 3.63) is 69.7 Å². The summed E-state index contributed by atoms with van der Waals surface area (Å²) in [6, 6.07) is 15.3. The van der Waals surface area contributed by atoms with E-state index in [9.17, 15) is 0 Å². The van der Waals surface area contributed by atoms with Gasteiger partial charge in [0.2, 0.25) is 0 Å². The largest absolute Gasteiger partial charge is 0.309 e. The summed E-state index contributed by atoms with van der Waals surface area (Å²) in [6.45, 7) is 2.07. The van der Waals surface area contributed by atoms with Gasteiger partial charge in [-0.05, 0) is 55.0 Å². The van der Waals surface area contributed by atoms with Crippen LogP contribution in [0, 0.1) is 6.92 Å². The lowest BCUT2D eigenvalue weighted by Crippen LogP contribution is -2.22.